The van der Waals surface area contributed by atoms with Gasteiger partial charge in [0.2, 0.25) is 0 Å². The zero-order valence-electron chi connectivity index (χ0n) is 16.1. The van der Waals surface area contributed by atoms with Crippen LogP contribution in [0.4, 0.5) is 5.69 Å². The molecule has 0 aliphatic heterocycles. The maximum Gasteiger partial charge on any atom is 0.261 e. The Labute approximate surface area is 172 Å². The fraction of sp³-hybridized carbons (Fsp3) is 0.0909. The number of aryl methyl sites for hydroxylation is 1. The van der Waals surface area contributed by atoms with Crippen LogP contribution >= 0.6 is 0 Å². The Hall–Kier alpha value is -3.65. The molecule has 0 saturated heterocycles. The Kier molecular flexibility index (Phi) is 4.58. The number of ketones is 1. The van der Waals surface area contributed by atoms with Crippen LogP contribution in [0.15, 0.2) is 63.9 Å². The lowest BCUT2D eigenvalue weighted by Crippen LogP contribution is -2.22. The van der Waals surface area contributed by atoms with Crippen LogP contribution in [0.5, 0.6) is 0 Å². The van der Waals surface area contributed by atoms with Gasteiger partial charge in [-0.15, -0.1) is 0 Å². The molecule has 0 atom stereocenters. The highest BCUT2D eigenvalue weighted by Gasteiger charge is 2.21. The molecule has 0 aliphatic rings. The molecule has 0 amide bonds. The molecule has 7 nitrogen and oxygen atoms in total. The normalized spacial score (nSPS) is 11.7. The average molecular weight is 422 g/mol. The number of aromatic carboxylic acids is 1. The second kappa shape index (κ2) is 7.00. The molecule has 0 spiro atoms. The summed E-state index contributed by atoms with van der Waals surface area (Å²) in [5.74, 6) is -1.12. The van der Waals surface area contributed by atoms with Gasteiger partial charge >= 0.3 is 0 Å². The number of Topliss-reactive ketones (excluding diaryl/α,β-unsaturated/α-hetero) is 1. The van der Waals surface area contributed by atoms with E-state index in [0.717, 1.165) is 0 Å². The maximum absolute atomic E-state index is 12.9. The second-order valence-electron chi connectivity index (χ2n) is 6.85. The summed E-state index contributed by atoms with van der Waals surface area (Å²) in [5.41, 5.74) is 1.07. The fourth-order valence-corrected chi connectivity index (χ4v) is 4.60. The number of sulfonamides is 1. The number of anilines is 1. The van der Waals surface area contributed by atoms with Crippen molar-refractivity contribution in [2.24, 2.45) is 0 Å². The van der Waals surface area contributed by atoms with Gasteiger partial charge in [0.15, 0.2) is 5.78 Å². The van der Waals surface area contributed by atoms with E-state index in [9.17, 15) is 23.1 Å². The first kappa shape index (κ1) is 19.7. The third-order valence-corrected chi connectivity index (χ3v) is 6.25. The van der Waals surface area contributed by atoms with Crippen LogP contribution in [0.2, 0.25) is 0 Å². The lowest BCUT2D eigenvalue weighted by Gasteiger charge is -2.12. The molecule has 1 aromatic heterocycles. The highest BCUT2D eigenvalue weighted by Crippen LogP contribution is 2.37. The molecule has 0 unspecified atom stereocenters. The molecule has 1 heterocycles. The number of carbonyl (C=O) groups is 2. The minimum atomic E-state index is -4.02. The average Bonchev–Trinajstić information content (AvgIpc) is 3.04. The van der Waals surface area contributed by atoms with Crippen molar-refractivity contribution in [2.75, 3.05) is 4.72 Å². The Bertz CT molecular complexity index is 1430. The molecular formula is C22H16NO6S-. The molecule has 30 heavy (non-hydrogen) atoms. The van der Waals surface area contributed by atoms with Gasteiger partial charge in [-0.2, -0.15) is 0 Å². The smallest absolute Gasteiger partial charge is 0.261 e. The summed E-state index contributed by atoms with van der Waals surface area (Å²) < 4.78 is 34.2. The van der Waals surface area contributed by atoms with Gasteiger partial charge in [-0.3, -0.25) is 9.52 Å². The first-order valence-electron chi connectivity index (χ1n) is 8.99. The van der Waals surface area contributed by atoms with Crippen molar-refractivity contribution < 1.29 is 27.5 Å². The number of hydrogen-bond donors (Lipinski definition) is 1. The zero-order valence-corrected chi connectivity index (χ0v) is 16.9. The number of fused-ring (bicyclic) bond motifs is 3. The van der Waals surface area contributed by atoms with Crippen LogP contribution in [0.1, 0.15) is 33.4 Å². The van der Waals surface area contributed by atoms with E-state index in [-0.39, 0.29) is 21.9 Å². The summed E-state index contributed by atoms with van der Waals surface area (Å²) in [4.78, 5) is 22.9. The number of rotatable bonds is 5. The Morgan fingerprint density at radius 3 is 2.20 bits per heavy atom. The van der Waals surface area contributed by atoms with Gasteiger partial charge in [0.25, 0.3) is 10.0 Å². The number of hydrogen-bond acceptors (Lipinski definition) is 6. The number of carboxylic acid groups (broad SMARTS) is 1. The van der Waals surface area contributed by atoms with Crippen LogP contribution in [-0.2, 0) is 10.0 Å². The van der Waals surface area contributed by atoms with Gasteiger partial charge in [-0.25, -0.2) is 8.42 Å². The van der Waals surface area contributed by atoms with Crippen molar-refractivity contribution in [3.63, 3.8) is 0 Å². The van der Waals surface area contributed by atoms with Crippen LogP contribution in [0.3, 0.4) is 0 Å². The van der Waals surface area contributed by atoms with Crippen molar-refractivity contribution in [3.05, 3.63) is 71.5 Å². The molecule has 8 heteroatoms. The maximum atomic E-state index is 12.9. The van der Waals surface area contributed by atoms with Crippen molar-refractivity contribution in [3.8, 4) is 0 Å². The summed E-state index contributed by atoms with van der Waals surface area (Å²) >= 11 is 0. The molecule has 0 aliphatic carbocycles. The van der Waals surface area contributed by atoms with E-state index in [1.54, 1.807) is 37.3 Å². The predicted octanol–water partition coefficient (Wildman–Crippen LogP) is 3.26. The molecule has 152 valence electrons. The Balaban J connectivity index is 1.90. The van der Waals surface area contributed by atoms with Crippen LogP contribution in [0.25, 0.3) is 21.7 Å². The van der Waals surface area contributed by atoms with E-state index in [1.165, 1.54) is 31.2 Å². The van der Waals surface area contributed by atoms with Crippen molar-refractivity contribution in [1.29, 1.82) is 0 Å². The van der Waals surface area contributed by atoms with Crippen molar-refractivity contribution in [1.82, 2.24) is 0 Å². The topological polar surface area (TPSA) is 117 Å². The molecular weight excluding hydrogens is 406 g/mol. The molecule has 0 bridgehead atoms. The lowest BCUT2D eigenvalue weighted by atomic mass is 10.0. The van der Waals surface area contributed by atoms with Gasteiger partial charge in [0.1, 0.15) is 11.3 Å². The van der Waals surface area contributed by atoms with E-state index in [4.69, 9.17) is 4.42 Å². The molecule has 0 saturated carbocycles. The van der Waals surface area contributed by atoms with E-state index in [2.05, 4.69) is 4.72 Å². The molecule has 0 radical (unpaired) electrons. The van der Waals surface area contributed by atoms with E-state index in [0.29, 0.717) is 33.1 Å². The van der Waals surface area contributed by atoms with Gasteiger partial charge in [0.05, 0.1) is 22.1 Å². The van der Waals surface area contributed by atoms with Gasteiger partial charge in [0, 0.05) is 16.2 Å². The number of benzene rings is 3. The molecule has 1 N–H and O–H groups in total. The fourth-order valence-electron chi connectivity index (χ4n) is 3.53. The van der Waals surface area contributed by atoms with Crippen molar-refractivity contribution >= 4 is 49.2 Å². The number of carboxylic acids is 1. The SMILES string of the molecule is CC(=O)c1c(C)oc2c1cc(NS(=O)(=O)c1ccc(C(=O)[O-])cc1)c1ccccc12. The van der Waals surface area contributed by atoms with Gasteiger partial charge in [-0.05, 0) is 37.6 Å². The van der Waals surface area contributed by atoms with Gasteiger partial charge < -0.3 is 14.3 Å². The summed E-state index contributed by atoms with van der Waals surface area (Å²) in [7, 11) is -4.02. The highest BCUT2D eigenvalue weighted by atomic mass is 32.2. The monoisotopic (exact) mass is 422 g/mol. The van der Waals surface area contributed by atoms with E-state index < -0.39 is 16.0 Å². The Morgan fingerprint density at radius 2 is 1.60 bits per heavy atom. The number of carbonyl (C=O) groups excluding carboxylic acids is 2. The van der Waals surface area contributed by atoms with Crippen LogP contribution < -0.4 is 9.83 Å². The molecule has 4 aromatic rings. The third-order valence-electron chi connectivity index (χ3n) is 4.87. The predicted molar refractivity (Wildman–Crippen MR) is 110 cm³/mol. The minimum absolute atomic E-state index is 0.105. The van der Waals surface area contributed by atoms with Crippen molar-refractivity contribution in [2.45, 2.75) is 18.7 Å². The lowest BCUT2D eigenvalue weighted by molar-refractivity contribution is -0.255. The zero-order chi connectivity index (χ0) is 21.6. The highest BCUT2D eigenvalue weighted by molar-refractivity contribution is 7.92. The number of furan rings is 1. The first-order valence-corrected chi connectivity index (χ1v) is 10.5. The van der Waals surface area contributed by atoms with Crippen LogP contribution in [-0.4, -0.2) is 20.2 Å². The van der Waals surface area contributed by atoms with E-state index in [1.807, 2.05) is 0 Å². The number of nitrogens with one attached hydrogen (secondary N) is 1. The molecule has 0 fully saturated rings. The first-order chi connectivity index (χ1) is 14.2. The standard InChI is InChI=1S/C22H17NO6S/c1-12(24)20-13(2)29-21-17-6-4-3-5-16(17)19(11-18(20)21)23-30(27,28)15-9-7-14(8-10-15)22(25)26/h3-11,23H,1-2H3,(H,25,26)/p-1. The summed E-state index contributed by atoms with van der Waals surface area (Å²) in [6.07, 6.45) is 0. The quantitative estimate of drug-likeness (QED) is 0.494. The minimum Gasteiger partial charge on any atom is -0.545 e. The molecule has 3 aromatic carbocycles. The van der Waals surface area contributed by atoms with E-state index >= 15 is 0 Å². The summed E-state index contributed by atoms with van der Waals surface area (Å²) in [6, 6.07) is 13.4. The Morgan fingerprint density at radius 1 is 0.967 bits per heavy atom. The summed E-state index contributed by atoms with van der Waals surface area (Å²) in [5, 5.41) is 12.7. The molecule has 4 rings (SSSR count). The van der Waals surface area contributed by atoms with Gasteiger partial charge in [-0.1, -0.05) is 36.4 Å². The largest absolute Gasteiger partial charge is 0.545 e. The second-order valence-corrected chi connectivity index (χ2v) is 8.54. The summed E-state index contributed by atoms with van der Waals surface area (Å²) in [6.45, 7) is 3.11. The third kappa shape index (κ3) is 3.21. The van der Waals surface area contributed by atoms with Crippen LogP contribution in [0, 0.1) is 6.92 Å².